The van der Waals surface area contributed by atoms with Crippen LogP contribution in [0.15, 0.2) is 41.8 Å². The molecule has 2 saturated heterocycles. The first-order chi connectivity index (χ1) is 13.3. The minimum Gasteiger partial charge on any atom is -0.338 e. The average molecular weight is 419 g/mol. The van der Waals surface area contributed by atoms with Crippen LogP contribution in [0.25, 0.3) is 0 Å². The van der Waals surface area contributed by atoms with E-state index >= 15 is 0 Å². The summed E-state index contributed by atoms with van der Waals surface area (Å²) in [6.45, 7) is 2.83. The predicted octanol–water partition coefficient (Wildman–Crippen LogP) is 2.45. The third kappa shape index (κ3) is 3.04. The number of rotatable bonds is 3. The van der Waals surface area contributed by atoms with Crippen molar-refractivity contribution in [3.05, 3.63) is 57.8 Å². The second-order valence-corrected chi connectivity index (χ2v) is 10.6. The lowest BCUT2D eigenvalue weighted by Gasteiger charge is -2.43. The molecule has 0 N–H and O–H groups in total. The molecule has 1 aromatic heterocycles. The van der Waals surface area contributed by atoms with Crippen molar-refractivity contribution in [1.82, 2.24) is 9.80 Å². The molecule has 2 fully saturated rings. The summed E-state index contributed by atoms with van der Waals surface area (Å²) in [5.74, 6) is -0.853. The summed E-state index contributed by atoms with van der Waals surface area (Å²) in [6.07, 6.45) is 0.508. The molecule has 0 atom stereocenters. The molecule has 148 valence electrons. The van der Waals surface area contributed by atoms with Crippen LogP contribution in [0.1, 0.15) is 33.6 Å². The Balaban J connectivity index is 1.58. The normalized spacial score (nSPS) is 20.7. The van der Waals surface area contributed by atoms with Gasteiger partial charge >= 0.3 is 0 Å². The second kappa shape index (κ2) is 7.00. The third-order valence-electron chi connectivity index (χ3n) is 5.76. The number of thiophene rings is 1. The molecule has 2 amide bonds. The number of benzene rings is 1. The van der Waals surface area contributed by atoms with E-state index in [2.05, 4.69) is 0 Å². The van der Waals surface area contributed by atoms with E-state index in [1.807, 2.05) is 48.7 Å². The van der Waals surface area contributed by atoms with Gasteiger partial charge in [0.05, 0.1) is 4.88 Å². The number of piperidine rings is 1. The Kier molecular flexibility index (Phi) is 4.79. The SMILES string of the molecule is Cc1ccsc1C(=O)N1CCC2(CC1)N(Cc1ccccc1)C(=O)CS2(=O)=O. The van der Waals surface area contributed by atoms with E-state index in [1.165, 1.54) is 16.2 Å². The van der Waals surface area contributed by atoms with Gasteiger partial charge in [-0.05, 0) is 29.5 Å². The standard InChI is InChI=1S/C20H22N2O4S2/c1-15-7-12-27-18(15)19(24)21-10-8-20(9-11-21)22(17(23)14-28(20,25)26)13-16-5-3-2-4-6-16/h2-7,12H,8-11,13-14H2,1H3. The minimum absolute atomic E-state index is 0.0568. The molecule has 8 heteroatoms. The van der Waals surface area contributed by atoms with Crippen LogP contribution in [0.2, 0.25) is 0 Å². The summed E-state index contributed by atoms with van der Waals surface area (Å²) < 4.78 is 25.9. The number of sulfone groups is 1. The fourth-order valence-electron chi connectivity index (χ4n) is 4.14. The molecular formula is C20H22N2O4S2. The van der Waals surface area contributed by atoms with E-state index in [0.29, 0.717) is 18.0 Å². The number of nitrogens with zero attached hydrogens (tertiary/aromatic N) is 2. The highest BCUT2D eigenvalue weighted by atomic mass is 32.2. The van der Waals surface area contributed by atoms with Gasteiger partial charge in [0, 0.05) is 32.5 Å². The zero-order chi connectivity index (χ0) is 19.9. The summed E-state index contributed by atoms with van der Waals surface area (Å²) >= 11 is 1.40. The third-order valence-corrected chi connectivity index (χ3v) is 9.18. The average Bonchev–Trinajstić information content (AvgIpc) is 3.18. The van der Waals surface area contributed by atoms with Crippen LogP contribution < -0.4 is 0 Å². The van der Waals surface area contributed by atoms with Crippen LogP contribution >= 0.6 is 11.3 Å². The first kappa shape index (κ1) is 19.1. The molecule has 3 heterocycles. The lowest BCUT2D eigenvalue weighted by Crippen LogP contribution is -2.56. The Labute approximate surface area is 168 Å². The summed E-state index contributed by atoms with van der Waals surface area (Å²) in [7, 11) is -3.60. The largest absolute Gasteiger partial charge is 0.338 e. The van der Waals surface area contributed by atoms with Gasteiger partial charge in [-0.3, -0.25) is 9.59 Å². The fraction of sp³-hybridized carbons (Fsp3) is 0.400. The fourth-order valence-corrected chi connectivity index (χ4v) is 7.09. The number of likely N-dealkylation sites (tertiary alicyclic amines) is 1. The van der Waals surface area contributed by atoms with Crippen LogP contribution in [-0.4, -0.2) is 53.7 Å². The van der Waals surface area contributed by atoms with Gasteiger partial charge in [-0.15, -0.1) is 11.3 Å². The molecule has 0 bridgehead atoms. The summed E-state index contributed by atoms with van der Waals surface area (Å²) in [4.78, 5) is 28.1. The Morgan fingerprint density at radius 3 is 2.43 bits per heavy atom. The lowest BCUT2D eigenvalue weighted by molar-refractivity contribution is -0.131. The number of hydrogen-bond donors (Lipinski definition) is 0. The number of carbonyl (C=O) groups excluding carboxylic acids is 2. The van der Waals surface area contributed by atoms with Crippen LogP contribution in [0.4, 0.5) is 0 Å². The zero-order valence-corrected chi connectivity index (χ0v) is 17.3. The molecule has 0 unspecified atom stereocenters. The molecule has 1 aromatic carbocycles. The molecule has 2 aromatic rings. The van der Waals surface area contributed by atoms with Gasteiger partial charge in [0.1, 0.15) is 10.6 Å². The maximum atomic E-state index is 12.9. The van der Waals surface area contributed by atoms with Gasteiger partial charge in [0.15, 0.2) is 9.84 Å². The van der Waals surface area contributed by atoms with Crippen LogP contribution in [-0.2, 0) is 21.2 Å². The topological polar surface area (TPSA) is 74.8 Å². The van der Waals surface area contributed by atoms with Gasteiger partial charge < -0.3 is 9.80 Å². The maximum Gasteiger partial charge on any atom is 0.264 e. The Morgan fingerprint density at radius 2 is 1.82 bits per heavy atom. The second-order valence-electron chi connectivity index (χ2n) is 7.40. The summed E-state index contributed by atoms with van der Waals surface area (Å²) in [5.41, 5.74) is 1.84. The zero-order valence-electron chi connectivity index (χ0n) is 15.6. The maximum absolute atomic E-state index is 12.9. The van der Waals surface area contributed by atoms with Gasteiger partial charge in [0.25, 0.3) is 5.91 Å². The monoisotopic (exact) mass is 418 g/mol. The first-order valence-corrected chi connectivity index (χ1v) is 11.8. The highest BCUT2D eigenvalue weighted by Crippen LogP contribution is 2.41. The van der Waals surface area contributed by atoms with Crippen molar-refractivity contribution in [3.8, 4) is 0 Å². The molecular weight excluding hydrogens is 396 g/mol. The quantitative estimate of drug-likeness (QED) is 0.767. The summed E-state index contributed by atoms with van der Waals surface area (Å²) in [6, 6.07) is 11.3. The van der Waals surface area contributed by atoms with E-state index in [9.17, 15) is 18.0 Å². The first-order valence-electron chi connectivity index (χ1n) is 9.24. The smallest absolute Gasteiger partial charge is 0.264 e. The van der Waals surface area contributed by atoms with E-state index in [1.54, 1.807) is 4.90 Å². The van der Waals surface area contributed by atoms with E-state index in [0.717, 1.165) is 11.1 Å². The lowest BCUT2D eigenvalue weighted by atomic mass is 10.0. The van der Waals surface area contributed by atoms with Crippen molar-refractivity contribution in [3.63, 3.8) is 0 Å². The van der Waals surface area contributed by atoms with Crippen LogP contribution in [0, 0.1) is 6.92 Å². The van der Waals surface area contributed by atoms with Gasteiger partial charge in [-0.1, -0.05) is 30.3 Å². The molecule has 2 aliphatic heterocycles. The molecule has 0 aliphatic carbocycles. The molecule has 4 rings (SSSR count). The number of aryl methyl sites for hydroxylation is 1. The van der Waals surface area contributed by atoms with Crippen LogP contribution in [0.3, 0.4) is 0 Å². The molecule has 6 nitrogen and oxygen atoms in total. The molecule has 1 spiro atoms. The number of hydrogen-bond acceptors (Lipinski definition) is 5. The number of carbonyl (C=O) groups is 2. The van der Waals surface area contributed by atoms with Crippen LogP contribution in [0.5, 0.6) is 0 Å². The van der Waals surface area contributed by atoms with Gasteiger partial charge in [-0.25, -0.2) is 8.42 Å². The van der Waals surface area contributed by atoms with E-state index in [-0.39, 0.29) is 31.2 Å². The van der Waals surface area contributed by atoms with Crippen molar-refractivity contribution in [2.24, 2.45) is 0 Å². The Morgan fingerprint density at radius 1 is 1.14 bits per heavy atom. The van der Waals surface area contributed by atoms with Gasteiger partial charge in [0.2, 0.25) is 5.91 Å². The predicted molar refractivity (Wildman–Crippen MR) is 108 cm³/mol. The van der Waals surface area contributed by atoms with E-state index in [4.69, 9.17) is 0 Å². The molecule has 2 aliphatic rings. The minimum atomic E-state index is -3.60. The van der Waals surface area contributed by atoms with Gasteiger partial charge in [-0.2, -0.15) is 0 Å². The molecule has 0 radical (unpaired) electrons. The van der Waals surface area contributed by atoms with Crippen molar-refractivity contribution in [2.45, 2.75) is 31.2 Å². The van der Waals surface area contributed by atoms with Crippen molar-refractivity contribution in [1.29, 1.82) is 0 Å². The molecule has 28 heavy (non-hydrogen) atoms. The van der Waals surface area contributed by atoms with Crippen molar-refractivity contribution < 1.29 is 18.0 Å². The Hall–Kier alpha value is -2.19. The molecule has 0 saturated carbocycles. The highest BCUT2D eigenvalue weighted by molar-refractivity contribution is 7.93. The highest BCUT2D eigenvalue weighted by Gasteiger charge is 2.58. The summed E-state index contributed by atoms with van der Waals surface area (Å²) in [5, 5.41) is 1.88. The van der Waals surface area contributed by atoms with Crippen molar-refractivity contribution >= 4 is 33.0 Å². The van der Waals surface area contributed by atoms with Crippen molar-refractivity contribution in [2.75, 3.05) is 18.8 Å². The van der Waals surface area contributed by atoms with E-state index < -0.39 is 20.5 Å². The number of amides is 2. The Bertz CT molecular complexity index is 1010.